The van der Waals surface area contributed by atoms with Crippen LogP contribution in [-0.4, -0.2) is 29.4 Å². The van der Waals surface area contributed by atoms with Crippen LogP contribution in [-0.2, 0) is 17.9 Å². The molecule has 0 radical (unpaired) electrons. The van der Waals surface area contributed by atoms with Crippen LogP contribution in [0.2, 0.25) is 0 Å². The van der Waals surface area contributed by atoms with Gasteiger partial charge >= 0.3 is 0 Å². The van der Waals surface area contributed by atoms with Gasteiger partial charge in [0.05, 0.1) is 0 Å². The summed E-state index contributed by atoms with van der Waals surface area (Å²) in [5, 5.41) is 3.19. The molecule has 1 amide bonds. The van der Waals surface area contributed by atoms with Gasteiger partial charge in [0.1, 0.15) is 0 Å². The van der Waals surface area contributed by atoms with Gasteiger partial charge in [0.2, 0.25) is 5.91 Å². The molecule has 3 fully saturated rings. The molecule has 4 heteroatoms. The second kappa shape index (κ2) is 8.96. The van der Waals surface area contributed by atoms with Gasteiger partial charge in [-0.25, -0.2) is 0 Å². The van der Waals surface area contributed by atoms with Crippen molar-refractivity contribution in [3.8, 4) is 0 Å². The largest absolute Gasteiger partial charge is 0.352 e. The number of likely N-dealkylation sites (tertiary alicyclic amines) is 1. The van der Waals surface area contributed by atoms with E-state index >= 15 is 0 Å². The summed E-state index contributed by atoms with van der Waals surface area (Å²) >= 11 is 0. The van der Waals surface area contributed by atoms with Gasteiger partial charge in [-0.1, -0.05) is 37.1 Å². The van der Waals surface area contributed by atoms with E-state index in [2.05, 4.69) is 41.4 Å². The number of hydrogen-bond donors (Lipinski definition) is 2. The van der Waals surface area contributed by atoms with E-state index in [0.717, 1.165) is 19.4 Å². The molecule has 2 aliphatic carbocycles. The molecule has 1 saturated heterocycles. The highest BCUT2D eigenvalue weighted by atomic mass is 16.1. The van der Waals surface area contributed by atoms with Gasteiger partial charge in [0.15, 0.2) is 0 Å². The van der Waals surface area contributed by atoms with Crippen LogP contribution in [0.1, 0.15) is 69.4 Å². The third kappa shape index (κ3) is 4.60. The lowest BCUT2D eigenvalue weighted by Gasteiger charge is -2.43. The van der Waals surface area contributed by atoms with E-state index < -0.39 is 0 Å². The molecule has 3 atom stereocenters. The van der Waals surface area contributed by atoms with Gasteiger partial charge < -0.3 is 11.1 Å². The Morgan fingerprint density at radius 3 is 2.39 bits per heavy atom. The zero-order chi connectivity index (χ0) is 19.5. The number of benzene rings is 1. The van der Waals surface area contributed by atoms with E-state index in [4.69, 9.17) is 5.73 Å². The van der Waals surface area contributed by atoms with Gasteiger partial charge in [-0.3, -0.25) is 9.69 Å². The number of fused-ring (bicyclic) bond motifs is 2. The third-order valence-electron chi connectivity index (χ3n) is 7.60. The van der Waals surface area contributed by atoms with Crippen LogP contribution in [0.3, 0.4) is 0 Å². The zero-order valence-electron chi connectivity index (χ0n) is 17.4. The number of hydrogen-bond acceptors (Lipinski definition) is 3. The Morgan fingerprint density at radius 2 is 1.71 bits per heavy atom. The normalized spacial score (nSPS) is 33.4. The maximum Gasteiger partial charge on any atom is 0.223 e. The Labute approximate surface area is 170 Å². The van der Waals surface area contributed by atoms with E-state index in [1.807, 2.05) is 0 Å². The SMILES string of the molecule is CC1CCCCN1Cc1ccc(CNC(=O)C2CC3CCCC(C2)C3N)cc1. The summed E-state index contributed by atoms with van der Waals surface area (Å²) in [5.74, 6) is 1.50. The first-order chi connectivity index (χ1) is 13.6. The minimum atomic E-state index is 0.162. The van der Waals surface area contributed by atoms with Crippen molar-refractivity contribution in [2.75, 3.05) is 6.54 Å². The zero-order valence-corrected chi connectivity index (χ0v) is 17.4. The average molecular weight is 384 g/mol. The van der Waals surface area contributed by atoms with E-state index in [-0.39, 0.29) is 11.8 Å². The third-order valence-corrected chi connectivity index (χ3v) is 7.60. The van der Waals surface area contributed by atoms with Crippen molar-refractivity contribution in [1.82, 2.24) is 10.2 Å². The highest BCUT2D eigenvalue weighted by Crippen LogP contribution is 2.41. The van der Waals surface area contributed by atoms with Crippen LogP contribution in [0.15, 0.2) is 24.3 Å². The van der Waals surface area contributed by atoms with Crippen LogP contribution >= 0.6 is 0 Å². The summed E-state index contributed by atoms with van der Waals surface area (Å²) in [6.07, 6.45) is 9.68. The molecule has 4 rings (SSSR count). The molecule has 154 valence electrons. The van der Waals surface area contributed by atoms with Crippen LogP contribution in [0.25, 0.3) is 0 Å². The first kappa shape index (κ1) is 19.9. The van der Waals surface area contributed by atoms with Crippen molar-refractivity contribution in [1.29, 1.82) is 0 Å². The first-order valence-corrected chi connectivity index (χ1v) is 11.5. The second-order valence-corrected chi connectivity index (χ2v) is 9.55. The van der Waals surface area contributed by atoms with Crippen LogP contribution < -0.4 is 11.1 Å². The average Bonchev–Trinajstić information content (AvgIpc) is 2.69. The highest BCUT2D eigenvalue weighted by molar-refractivity contribution is 5.78. The Hall–Kier alpha value is -1.39. The summed E-state index contributed by atoms with van der Waals surface area (Å²) in [4.78, 5) is 15.3. The molecule has 1 aromatic rings. The topological polar surface area (TPSA) is 58.4 Å². The van der Waals surface area contributed by atoms with Gasteiger partial charge in [0, 0.05) is 31.1 Å². The van der Waals surface area contributed by atoms with Gasteiger partial charge in [-0.05, 0) is 75.0 Å². The summed E-state index contributed by atoms with van der Waals surface area (Å²) < 4.78 is 0. The molecule has 2 bridgehead atoms. The van der Waals surface area contributed by atoms with Crippen molar-refractivity contribution in [3.63, 3.8) is 0 Å². The Balaban J connectivity index is 1.26. The van der Waals surface area contributed by atoms with Crippen molar-refractivity contribution in [3.05, 3.63) is 35.4 Å². The Bertz CT molecular complexity index is 644. The van der Waals surface area contributed by atoms with Crippen molar-refractivity contribution >= 4 is 5.91 Å². The van der Waals surface area contributed by atoms with Crippen LogP contribution in [0.5, 0.6) is 0 Å². The van der Waals surface area contributed by atoms with E-state index in [1.165, 1.54) is 56.2 Å². The summed E-state index contributed by atoms with van der Waals surface area (Å²) in [5.41, 5.74) is 8.93. The fourth-order valence-corrected chi connectivity index (χ4v) is 5.73. The number of rotatable bonds is 5. The molecule has 2 saturated carbocycles. The molecule has 1 aromatic carbocycles. The van der Waals surface area contributed by atoms with E-state index in [0.29, 0.717) is 30.5 Å². The minimum Gasteiger partial charge on any atom is -0.352 e. The predicted octanol–water partition coefficient (Wildman–Crippen LogP) is 3.83. The molecule has 1 aliphatic heterocycles. The molecule has 3 N–H and O–H groups in total. The molecule has 4 nitrogen and oxygen atoms in total. The number of piperidine rings is 1. The molecular formula is C24H37N3O. The number of nitrogens with one attached hydrogen (secondary N) is 1. The lowest BCUT2D eigenvalue weighted by molar-refractivity contribution is -0.128. The number of carbonyl (C=O) groups excluding carboxylic acids is 1. The maximum atomic E-state index is 12.7. The predicted molar refractivity (Wildman–Crippen MR) is 114 cm³/mol. The van der Waals surface area contributed by atoms with E-state index in [9.17, 15) is 4.79 Å². The fraction of sp³-hybridized carbons (Fsp3) is 0.708. The summed E-state index contributed by atoms with van der Waals surface area (Å²) in [6.45, 7) is 5.23. The smallest absolute Gasteiger partial charge is 0.223 e. The molecule has 0 spiro atoms. The van der Waals surface area contributed by atoms with Gasteiger partial charge in [0.25, 0.3) is 0 Å². The molecule has 3 unspecified atom stereocenters. The summed E-state index contributed by atoms with van der Waals surface area (Å²) in [7, 11) is 0. The van der Waals surface area contributed by atoms with E-state index in [1.54, 1.807) is 0 Å². The summed E-state index contributed by atoms with van der Waals surface area (Å²) in [6, 6.07) is 9.83. The fourth-order valence-electron chi connectivity index (χ4n) is 5.73. The lowest BCUT2D eigenvalue weighted by atomic mass is 9.65. The van der Waals surface area contributed by atoms with Crippen LogP contribution in [0.4, 0.5) is 0 Å². The monoisotopic (exact) mass is 383 g/mol. The second-order valence-electron chi connectivity index (χ2n) is 9.55. The Kier molecular flexibility index (Phi) is 6.37. The standard InChI is InChI=1S/C24H37N3O/c1-17-5-2-3-12-27(17)16-19-10-8-18(9-11-19)15-26-24(28)22-13-20-6-4-7-21(14-22)23(20)25/h8-11,17,20-23H,2-7,12-16,25H2,1H3,(H,26,28). The van der Waals surface area contributed by atoms with Crippen molar-refractivity contribution in [2.45, 2.75) is 83.5 Å². The minimum absolute atomic E-state index is 0.162. The molecule has 28 heavy (non-hydrogen) atoms. The van der Waals surface area contributed by atoms with Gasteiger partial charge in [-0.15, -0.1) is 0 Å². The molecule has 0 aromatic heterocycles. The number of amides is 1. The van der Waals surface area contributed by atoms with Crippen molar-refractivity contribution in [2.24, 2.45) is 23.5 Å². The number of carbonyl (C=O) groups is 1. The first-order valence-electron chi connectivity index (χ1n) is 11.5. The molecule has 1 heterocycles. The van der Waals surface area contributed by atoms with Gasteiger partial charge in [-0.2, -0.15) is 0 Å². The number of nitrogens with two attached hydrogens (primary N) is 1. The molecule has 3 aliphatic rings. The Morgan fingerprint density at radius 1 is 1.04 bits per heavy atom. The number of nitrogens with zero attached hydrogens (tertiary/aromatic N) is 1. The quantitative estimate of drug-likeness (QED) is 0.812. The van der Waals surface area contributed by atoms with Crippen molar-refractivity contribution < 1.29 is 4.79 Å². The molecular weight excluding hydrogens is 346 g/mol. The van der Waals surface area contributed by atoms with Crippen LogP contribution in [0, 0.1) is 17.8 Å². The highest BCUT2D eigenvalue weighted by Gasteiger charge is 2.40. The maximum absolute atomic E-state index is 12.7. The lowest BCUT2D eigenvalue weighted by Crippen LogP contribution is -2.49.